The third-order valence-corrected chi connectivity index (χ3v) is 7.24. The lowest BCUT2D eigenvalue weighted by molar-refractivity contribution is -0.143. The molecule has 0 aromatic heterocycles. The topological polar surface area (TPSA) is 106 Å². The van der Waals surface area contributed by atoms with Gasteiger partial charge in [-0.3, -0.25) is 19.7 Å². The molecular formula is C28H33N5O3. The number of para-hydroxylation sites is 1. The van der Waals surface area contributed by atoms with E-state index in [1.165, 1.54) is 9.80 Å². The van der Waals surface area contributed by atoms with E-state index in [-0.39, 0.29) is 37.2 Å². The Morgan fingerprint density at radius 2 is 1.69 bits per heavy atom. The van der Waals surface area contributed by atoms with Crippen molar-refractivity contribution in [2.75, 3.05) is 25.5 Å². The molecule has 3 amide bonds. The molecule has 188 valence electrons. The Balaban J connectivity index is 1.37. The number of amides is 3. The van der Waals surface area contributed by atoms with Crippen molar-refractivity contribution in [3.63, 3.8) is 0 Å². The molecule has 1 saturated heterocycles. The summed E-state index contributed by atoms with van der Waals surface area (Å²) in [4.78, 5) is 42.4. The average Bonchev–Trinajstić information content (AvgIpc) is 3.56. The van der Waals surface area contributed by atoms with Crippen LogP contribution in [0.2, 0.25) is 0 Å². The number of hydrogen-bond donors (Lipinski definition) is 2. The van der Waals surface area contributed by atoms with Gasteiger partial charge in [0.2, 0.25) is 17.7 Å². The molecule has 4 rings (SSSR count). The number of likely N-dealkylation sites (N-methyl/N-ethyl adjacent to an activating group) is 1. The highest BCUT2D eigenvalue weighted by atomic mass is 16.2. The lowest BCUT2D eigenvalue weighted by Crippen LogP contribution is -2.57. The Bertz CT molecular complexity index is 1110. The molecule has 8 heteroatoms. The number of likely N-dealkylation sites (tertiary alicyclic amines) is 1. The van der Waals surface area contributed by atoms with E-state index in [1.807, 2.05) is 48.5 Å². The SMILES string of the molecule is CN(CC(=O)N1CC(C(=O)Nc2ccccc2)CC1C#N)C(=O)C1(NCc2ccccc2)CCCC1. The number of hydrogen-bond acceptors (Lipinski definition) is 5. The molecule has 36 heavy (non-hydrogen) atoms. The summed E-state index contributed by atoms with van der Waals surface area (Å²) in [6, 6.07) is 20.5. The average molecular weight is 488 g/mol. The van der Waals surface area contributed by atoms with Gasteiger partial charge in [0.25, 0.3) is 0 Å². The maximum Gasteiger partial charge on any atom is 0.243 e. The van der Waals surface area contributed by atoms with Crippen LogP contribution in [0.25, 0.3) is 0 Å². The Labute approximate surface area is 212 Å². The summed E-state index contributed by atoms with van der Waals surface area (Å²) < 4.78 is 0. The normalized spacial score (nSPS) is 20.5. The summed E-state index contributed by atoms with van der Waals surface area (Å²) in [5.74, 6) is -1.11. The highest BCUT2D eigenvalue weighted by Crippen LogP contribution is 2.32. The lowest BCUT2D eigenvalue weighted by Gasteiger charge is -2.34. The van der Waals surface area contributed by atoms with Gasteiger partial charge in [0.05, 0.1) is 24.1 Å². The first-order chi connectivity index (χ1) is 17.4. The monoisotopic (exact) mass is 487 g/mol. The first kappa shape index (κ1) is 25.4. The molecule has 0 spiro atoms. The summed E-state index contributed by atoms with van der Waals surface area (Å²) >= 11 is 0. The Morgan fingerprint density at radius 3 is 2.33 bits per heavy atom. The smallest absolute Gasteiger partial charge is 0.243 e. The first-order valence-electron chi connectivity index (χ1n) is 12.5. The molecule has 0 bridgehead atoms. The molecular weight excluding hydrogens is 454 g/mol. The number of carbonyl (C=O) groups is 3. The quantitative estimate of drug-likeness (QED) is 0.596. The zero-order valence-corrected chi connectivity index (χ0v) is 20.7. The molecule has 2 aromatic carbocycles. The van der Waals surface area contributed by atoms with Crippen LogP contribution in [-0.4, -0.2) is 59.2 Å². The first-order valence-corrected chi connectivity index (χ1v) is 12.5. The molecule has 2 fully saturated rings. The molecule has 1 aliphatic heterocycles. The molecule has 2 unspecified atom stereocenters. The van der Waals surface area contributed by atoms with Crippen molar-refractivity contribution >= 4 is 23.4 Å². The maximum atomic E-state index is 13.5. The highest BCUT2D eigenvalue weighted by molar-refractivity contribution is 5.94. The van der Waals surface area contributed by atoms with Crippen LogP contribution < -0.4 is 10.6 Å². The van der Waals surface area contributed by atoms with Crippen LogP contribution in [0.3, 0.4) is 0 Å². The number of rotatable bonds is 8. The predicted molar refractivity (Wildman–Crippen MR) is 136 cm³/mol. The lowest BCUT2D eigenvalue weighted by atomic mass is 9.95. The largest absolute Gasteiger partial charge is 0.335 e. The van der Waals surface area contributed by atoms with Crippen LogP contribution in [0.4, 0.5) is 5.69 Å². The highest BCUT2D eigenvalue weighted by Gasteiger charge is 2.44. The summed E-state index contributed by atoms with van der Waals surface area (Å²) in [7, 11) is 1.64. The Kier molecular flexibility index (Phi) is 8.01. The van der Waals surface area contributed by atoms with E-state index in [0.717, 1.165) is 31.2 Å². The minimum Gasteiger partial charge on any atom is -0.335 e. The van der Waals surface area contributed by atoms with Crippen LogP contribution in [0.1, 0.15) is 37.7 Å². The van der Waals surface area contributed by atoms with Gasteiger partial charge in [-0.25, -0.2) is 0 Å². The molecule has 2 aromatic rings. The molecule has 2 atom stereocenters. The van der Waals surface area contributed by atoms with E-state index < -0.39 is 17.5 Å². The number of benzene rings is 2. The van der Waals surface area contributed by atoms with Gasteiger partial charge in [0, 0.05) is 25.8 Å². The van der Waals surface area contributed by atoms with Crippen molar-refractivity contribution in [3.8, 4) is 6.07 Å². The second kappa shape index (κ2) is 11.4. The van der Waals surface area contributed by atoms with Crippen molar-refractivity contribution in [2.45, 2.75) is 50.2 Å². The van der Waals surface area contributed by atoms with Gasteiger partial charge < -0.3 is 15.1 Å². The third kappa shape index (κ3) is 5.74. The van der Waals surface area contributed by atoms with Gasteiger partial charge in [-0.15, -0.1) is 0 Å². The van der Waals surface area contributed by atoms with Crippen molar-refractivity contribution in [2.24, 2.45) is 5.92 Å². The van der Waals surface area contributed by atoms with Gasteiger partial charge >= 0.3 is 0 Å². The fourth-order valence-electron chi connectivity index (χ4n) is 5.23. The van der Waals surface area contributed by atoms with E-state index in [0.29, 0.717) is 12.2 Å². The number of nitriles is 1. The second-order valence-corrected chi connectivity index (χ2v) is 9.77. The van der Waals surface area contributed by atoms with Crippen LogP contribution in [-0.2, 0) is 20.9 Å². The molecule has 1 saturated carbocycles. The molecule has 1 aliphatic carbocycles. The summed E-state index contributed by atoms with van der Waals surface area (Å²) in [6.45, 7) is 0.614. The Morgan fingerprint density at radius 1 is 1.06 bits per heavy atom. The van der Waals surface area contributed by atoms with E-state index >= 15 is 0 Å². The van der Waals surface area contributed by atoms with Crippen molar-refractivity contribution < 1.29 is 14.4 Å². The van der Waals surface area contributed by atoms with Crippen molar-refractivity contribution in [3.05, 3.63) is 66.2 Å². The Hall–Kier alpha value is -3.70. The van der Waals surface area contributed by atoms with Crippen molar-refractivity contribution in [1.82, 2.24) is 15.1 Å². The molecule has 8 nitrogen and oxygen atoms in total. The number of nitrogens with one attached hydrogen (secondary N) is 2. The molecule has 1 heterocycles. The van der Waals surface area contributed by atoms with E-state index in [4.69, 9.17) is 0 Å². The predicted octanol–water partition coefficient (Wildman–Crippen LogP) is 2.93. The fourth-order valence-corrected chi connectivity index (χ4v) is 5.23. The number of nitrogens with zero attached hydrogens (tertiary/aromatic N) is 3. The summed E-state index contributed by atoms with van der Waals surface area (Å²) in [5.41, 5.74) is 1.09. The summed E-state index contributed by atoms with van der Waals surface area (Å²) in [6.07, 6.45) is 3.64. The van der Waals surface area contributed by atoms with Crippen LogP contribution in [0.5, 0.6) is 0 Å². The van der Waals surface area contributed by atoms with Crippen molar-refractivity contribution in [1.29, 1.82) is 5.26 Å². The maximum absolute atomic E-state index is 13.5. The number of anilines is 1. The van der Waals surface area contributed by atoms with E-state index in [9.17, 15) is 19.6 Å². The minimum absolute atomic E-state index is 0.102. The molecule has 2 aliphatic rings. The third-order valence-electron chi connectivity index (χ3n) is 7.24. The van der Waals surface area contributed by atoms with Crippen LogP contribution >= 0.6 is 0 Å². The number of carbonyl (C=O) groups excluding carboxylic acids is 3. The van der Waals surface area contributed by atoms with Crippen LogP contribution in [0.15, 0.2) is 60.7 Å². The van der Waals surface area contributed by atoms with Crippen LogP contribution in [0, 0.1) is 17.2 Å². The van der Waals surface area contributed by atoms with Gasteiger partial charge in [-0.05, 0) is 37.0 Å². The zero-order valence-electron chi connectivity index (χ0n) is 20.7. The molecule has 2 N–H and O–H groups in total. The summed E-state index contributed by atoms with van der Waals surface area (Å²) in [5, 5.41) is 16.0. The standard InChI is InChI=1S/C28H33N5O3/c1-32(27(36)28(14-8-9-15-28)30-18-21-10-4-2-5-11-21)20-25(34)33-19-22(16-24(33)17-29)26(35)31-23-12-6-3-7-13-23/h2-7,10-13,22,24,30H,8-9,14-16,18-20H2,1H3,(H,31,35). The fraction of sp³-hybridized carbons (Fsp3) is 0.429. The molecule has 0 radical (unpaired) electrons. The zero-order chi connectivity index (χ0) is 25.5. The second-order valence-electron chi connectivity index (χ2n) is 9.77. The van der Waals surface area contributed by atoms with Gasteiger partial charge in [-0.1, -0.05) is 61.4 Å². The van der Waals surface area contributed by atoms with Gasteiger partial charge in [0.15, 0.2) is 0 Å². The van der Waals surface area contributed by atoms with Gasteiger partial charge in [-0.2, -0.15) is 5.26 Å². The van der Waals surface area contributed by atoms with Gasteiger partial charge in [0.1, 0.15) is 6.04 Å². The van der Waals surface area contributed by atoms with E-state index in [2.05, 4.69) is 16.7 Å². The minimum atomic E-state index is -0.692. The van der Waals surface area contributed by atoms with E-state index in [1.54, 1.807) is 19.2 Å².